The number of piperidine rings is 1. The maximum Gasteiger partial charge on any atom is 0.419 e. The van der Waals surface area contributed by atoms with E-state index in [1.165, 1.54) is 17.2 Å². The van der Waals surface area contributed by atoms with Crippen LogP contribution in [0.4, 0.5) is 27.8 Å². The van der Waals surface area contributed by atoms with Crippen molar-refractivity contribution in [2.45, 2.75) is 25.6 Å². The van der Waals surface area contributed by atoms with Crippen molar-refractivity contribution in [2.75, 3.05) is 18.0 Å². The Labute approximate surface area is 158 Å². The Morgan fingerprint density at radius 2 is 1.93 bits per heavy atom. The lowest BCUT2D eigenvalue weighted by atomic mass is 9.96. The van der Waals surface area contributed by atoms with Gasteiger partial charge in [0.2, 0.25) is 5.91 Å². The number of nitrogens with one attached hydrogen (secondary N) is 1. The van der Waals surface area contributed by atoms with Crippen LogP contribution in [0.15, 0.2) is 36.5 Å². The fourth-order valence-electron chi connectivity index (χ4n) is 3.30. The van der Waals surface area contributed by atoms with Gasteiger partial charge < -0.3 is 10.2 Å². The molecule has 150 valence electrons. The number of hydrogen-bond acceptors (Lipinski definition) is 3. The average Bonchev–Trinajstić information content (AvgIpc) is 2.65. The number of hydrogen-bond donors (Lipinski definition) is 1. The molecule has 1 aliphatic heterocycles. The molecule has 2 aromatic rings. The number of halogens is 5. The fraction of sp³-hybridized carbons (Fsp3) is 0.368. The standard InChI is InChI=1S/C19H18F5N3O/c20-14-7-12(8-15(21)9-14)10-26-18(28)13-3-2-6-27(11-13)17-16(19(22,23)24)4-1-5-25-17/h1,4-5,7-9,13H,2-3,6,10-11H2,(H,26,28). The Morgan fingerprint density at radius 3 is 2.61 bits per heavy atom. The number of rotatable bonds is 4. The number of benzene rings is 1. The predicted octanol–water partition coefficient (Wildman–Crippen LogP) is 3.91. The largest absolute Gasteiger partial charge is 0.419 e. The molecule has 1 N–H and O–H groups in total. The van der Waals surface area contributed by atoms with Crippen molar-refractivity contribution in [3.63, 3.8) is 0 Å². The lowest BCUT2D eigenvalue weighted by molar-refractivity contribution is -0.137. The van der Waals surface area contributed by atoms with Crippen molar-refractivity contribution < 1.29 is 26.7 Å². The van der Waals surface area contributed by atoms with Crippen LogP contribution in [-0.2, 0) is 17.5 Å². The maximum absolute atomic E-state index is 13.2. The second kappa shape index (κ2) is 8.12. The molecule has 1 aromatic carbocycles. The van der Waals surface area contributed by atoms with Crippen molar-refractivity contribution in [1.29, 1.82) is 0 Å². The summed E-state index contributed by atoms with van der Waals surface area (Å²) in [6.45, 7) is 0.379. The Kier molecular flexibility index (Phi) is 5.81. The summed E-state index contributed by atoms with van der Waals surface area (Å²) in [6, 6.07) is 5.14. The molecule has 0 spiro atoms. The first-order valence-corrected chi connectivity index (χ1v) is 8.74. The second-order valence-corrected chi connectivity index (χ2v) is 6.65. The quantitative estimate of drug-likeness (QED) is 0.793. The zero-order chi connectivity index (χ0) is 20.3. The number of pyridine rings is 1. The molecule has 1 fully saturated rings. The first kappa shape index (κ1) is 20.0. The molecule has 1 aromatic heterocycles. The van der Waals surface area contributed by atoms with Gasteiger partial charge in [-0.1, -0.05) is 0 Å². The summed E-state index contributed by atoms with van der Waals surface area (Å²) in [5, 5.41) is 2.60. The van der Waals surface area contributed by atoms with Crippen LogP contribution >= 0.6 is 0 Å². The van der Waals surface area contributed by atoms with Crippen LogP contribution in [0.2, 0.25) is 0 Å². The van der Waals surface area contributed by atoms with E-state index in [1.807, 2.05) is 0 Å². The average molecular weight is 399 g/mol. The Hall–Kier alpha value is -2.71. The Morgan fingerprint density at radius 1 is 1.21 bits per heavy atom. The number of alkyl halides is 3. The van der Waals surface area contributed by atoms with E-state index in [1.54, 1.807) is 0 Å². The summed E-state index contributed by atoms with van der Waals surface area (Å²) in [4.78, 5) is 17.8. The zero-order valence-corrected chi connectivity index (χ0v) is 14.8. The Balaban J connectivity index is 1.67. The number of amides is 1. The molecule has 0 aliphatic carbocycles. The molecule has 1 saturated heterocycles. The van der Waals surface area contributed by atoms with Crippen molar-refractivity contribution in [3.05, 3.63) is 59.3 Å². The molecule has 0 radical (unpaired) electrons. The van der Waals surface area contributed by atoms with Gasteiger partial charge in [0, 0.05) is 31.9 Å². The minimum atomic E-state index is -4.54. The van der Waals surface area contributed by atoms with E-state index >= 15 is 0 Å². The van der Waals surface area contributed by atoms with Crippen molar-refractivity contribution in [3.8, 4) is 0 Å². The van der Waals surface area contributed by atoms with E-state index in [2.05, 4.69) is 10.3 Å². The van der Waals surface area contributed by atoms with Crippen molar-refractivity contribution in [2.24, 2.45) is 5.92 Å². The lowest BCUT2D eigenvalue weighted by Gasteiger charge is -2.34. The number of anilines is 1. The smallest absolute Gasteiger partial charge is 0.355 e. The summed E-state index contributed by atoms with van der Waals surface area (Å²) in [6.07, 6.45) is -2.22. The normalized spacial score (nSPS) is 17.5. The number of nitrogens with zero attached hydrogens (tertiary/aromatic N) is 2. The molecule has 1 unspecified atom stereocenters. The molecule has 1 amide bonds. The minimum Gasteiger partial charge on any atom is -0.355 e. The van der Waals surface area contributed by atoms with Gasteiger partial charge in [-0.25, -0.2) is 13.8 Å². The molecule has 1 aliphatic rings. The topological polar surface area (TPSA) is 45.2 Å². The molecule has 1 atom stereocenters. The molecule has 0 bridgehead atoms. The second-order valence-electron chi connectivity index (χ2n) is 6.65. The first-order valence-electron chi connectivity index (χ1n) is 8.74. The Bertz CT molecular complexity index is 835. The van der Waals surface area contributed by atoms with E-state index in [4.69, 9.17) is 0 Å². The first-order chi connectivity index (χ1) is 13.2. The van der Waals surface area contributed by atoms with Gasteiger partial charge in [-0.15, -0.1) is 0 Å². The van der Waals surface area contributed by atoms with Gasteiger partial charge in [0.05, 0.1) is 11.5 Å². The highest BCUT2D eigenvalue weighted by Crippen LogP contribution is 2.36. The van der Waals surface area contributed by atoms with E-state index in [0.717, 1.165) is 24.3 Å². The summed E-state index contributed by atoms with van der Waals surface area (Å²) in [5.74, 6) is -2.61. The van der Waals surface area contributed by atoms with E-state index in [-0.39, 0.29) is 30.4 Å². The molecular weight excluding hydrogens is 381 g/mol. The summed E-state index contributed by atoms with van der Waals surface area (Å²) < 4.78 is 66.1. The number of carbonyl (C=O) groups excluding carboxylic acids is 1. The van der Waals surface area contributed by atoms with E-state index in [0.29, 0.717) is 19.4 Å². The molecule has 4 nitrogen and oxygen atoms in total. The molecular formula is C19H18F5N3O. The monoisotopic (exact) mass is 399 g/mol. The van der Waals surface area contributed by atoms with Gasteiger partial charge in [0.25, 0.3) is 0 Å². The summed E-state index contributed by atoms with van der Waals surface area (Å²) in [7, 11) is 0. The van der Waals surface area contributed by atoms with E-state index < -0.39 is 29.3 Å². The molecule has 9 heteroatoms. The van der Waals surface area contributed by atoms with Crippen LogP contribution in [0.1, 0.15) is 24.0 Å². The van der Waals surface area contributed by atoms with Gasteiger partial charge in [0.1, 0.15) is 17.5 Å². The summed E-state index contributed by atoms with van der Waals surface area (Å²) in [5.41, 5.74) is -0.575. The van der Waals surface area contributed by atoms with Crippen molar-refractivity contribution >= 4 is 11.7 Å². The van der Waals surface area contributed by atoms with Gasteiger partial charge in [-0.3, -0.25) is 4.79 Å². The van der Waals surface area contributed by atoms with Gasteiger partial charge in [-0.2, -0.15) is 13.2 Å². The lowest BCUT2D eigenvalue weighted by Crippen LogP contribution is -2.43. The third-order valence-corrected chi connectivity index (χ3v) is 4.57. The number of aromatic nitrogens is 1. The third kappa shape index (κ3) is 4.76. The molecule has 0 saturated carbocycles. The van der Waals surface area contributed by atoms with Crippen LogP contribution in [0, 0.1) is 17.6 Å². The van der Waals surface area contributed by atoms with Crippen molar-refractivity contribution in [1.82, 2.24) is 10.3 Å². The summed E-state index contributed by atoms with van der Waals surface area (Å²) >= 11 is 0. The number of carbonyl (C=O) groups is 1. The fourth-order valence-corrected chi connectivity index (χ4v) is 3.30. The highest BCUT2D eigenvalue weighted by Gasteiger charge is 2.37. The SMILES string of the molecule is O=C(NCc1cc(F)cc(F)c1)C1CCCN(c2ncccc2C(F)(F)F)C1. The molecule has 2 heterocycles. The van der Waals surface area contributed by atoms with Crippen LogP contribution in [0.3, 0.4) is 0 Å². The van der Waals surface area contributed by atoms with Crippen LogP contribution in [0.25, 0.3) is 0 Å². The van der Waals surface area contributed by atoms with E-state index in [9.17, 15) is 26.7 Å². The van der Waals surface area contributed by atoms with Crippen LogP contribution in [0.5, 0.6) is 0 Å². The molecule has 3 rings (SSSR count). The van der Waals surface area contributed by atoms with Crippen LogP contribution < -0.4 is 10.2 Å². The third-order valence-electron chi connectivity index (χ3n) is 4.57. The van der Waals surface area contributed by atoms with Gasteiger partial charge in [0.15, 0.2) is 0 Å². The minimum absolute atomic E-state index is 0.0681. The highest BCUT2D eigenvalue weighted by molar-refractivity contribution is 5.79. The molecule has 28 heavy (non-hydrogen) atoms. The van der Waals surface area contributed by atoms with Gasteiger partial charge in [-0.05, 0) is 42.7 Å². The zero-order valence-electron chi connectivity index (χ0n) is 14.8. The van der Waals surface area contributed by atoms with Gasteiger partial charge >= 0.3 is 6.18 Å². The van der Waals surface area contributed by atoms with Crippen LogP contribution in [-0.4, -0.2) is 24.0 Å². The highest BCUT2D eigenvalue weighted by atomic mass is 19.4. The predicted molar refractivity (Wildman–Crippen MR) is 92.4 cm³/mol. The maximum atomic E-state index is 13.2.